The van der Waals surface area contributed by atoms with Gasteiger partial charge >= 0.3 is 5.97 Å². The Bertz CT molecular complexity index is 405. The maximum absolute atomic E-state index is 13.2. The molecule has 0 amide bonds. The van der Waals surface area contributed by atoms with Crippen molar-refractivity contribution >= 4 is 28.2 Å². The Kier molecular flexibility index (Phi) is 3.79. The predicted molar refractivity (Wildman–Crippen MR) is 52.6 cm³/mol. The third-order valence-electron chi connectivity index (χ3n) is 1.50. The Labute approximate surface area is 92.8 Å². The molecule has 0 aromatic heterocycles. The number of benzene rings is 1. The Morgan fingerprint density at radius 3 is 2.80 bits per heavy atom. The van der Waals surface area contributed by atoms with E-state index in [1.165, 1.54) is 6.07 Å². The fourth-order valence-corrected chi connectivity index (χ4v) is 1.40. The number of hydrogen-bond donors (Lipinski definition) is 1. The number of carboxylic acid groups (broad SMARTS) is 1. The first-order valence-corrected chi connectivity index (χ1v) is 4.62. The van der Waals surface area contributed by atoms with Crippen molar-refractivity contribution in [3.63, 3.8) is 0 Å². The second-order valence-corrected chi connectivity index (χ2v) is 3.52. The van der Waals surface area contributed by atoms with Crippen LogP contribution in [0.25, 0.3) is 0 Å². The summed E-state index contributed by atoms with van der Waals surface area (Å²) in [6, 6.07) is 2.43. The maximum atomic E-state index is 13.2. The summed E-state index contributed by atoms with van der Waals surface area (Å²) in [6.45, 7) is -0.695. The van der Waals surface area contributed by atoms with Crippen LogP contribution in [-0.4, -0.2) is 24.0 Å². The number of aldehydes is 1. The summed E-state index contributed by atoms with van der Waals surface area (Å²) in [4.78, 5) is 20.8. The number of halogens is 2. The monoisotopic (exact) mass is 276 g/mol. The van der Waals surface area contributed by atoms with Crippen LogP contribution in [-0.2, 0) is 4.79 Å². The van der Waals surface area contributed by atoms with Crippen LogP contribution in [0.4, 0.5) is 4.39 Å². The van der Waals surface area contributed by atoms with Crippen LogP contribution >= 0.6 is 15.9 Å². The topological polar surface area (TPSA) is 63.6 Å². The largest absolute Gasteiger partial charge is 0.479 e. The summed E-state index contributed by atoms with van der Waals surface area (Å²) < 4.78 is 18.3. The highest BCUT2D eigenvalue weighted by atomic mass is 79.9. The molecule has 1 N–H and O–H groups in total. The van der Waals surface area contributed by atoms with Gasteiger partial charge in [-0.2, -0.15) is 0 Å². The number of carbonyl (C=O) groups excluding carboxylic acids is 1. The summed E-state index contributed by atoms with van der Waals surface area (Å²) in [5.41, 5.74) is -0.0388. The van der Waals surface area contributed by atoms with Crippen LogP contribution in [0.3, 0.4) is 0 Å². The Balaban J connectivity index is 3.04. The van der Waals surface area contributed by atoms with Gasteiger partial charge in [0.05, 0.1) is 5.56 Å². The first-order valence-electron chi connectivity index (χ1n) is 3.83. The molecule has 0 aliphatic rings. The molecule has 0 aliphatic heterocycles. The van der Waals surface area contributed by atoms with Crippen LogP contribution in [0.1, 0.15) is 10.4 Å². The minimum absolute atomic E-state index is 0.0388. The van der Waals surface area contributed by atoms with Crippen molar-refractivity contribution in [1.29, 1.82) is 0 Å². The third-order valence-corrected chi connectivity index (χ3v) is 1.96. The van der Waals surface area contributed by atoms with Crippen molar-refractivity contribution in [1.82, 2.24) is 0 Å². The lowest BCUT2D eigenvalue weighted by molar-refractivity contribution is -0.139. The Hall–Kier alpha value is -1.43. The summed E-state index contributed by atoms with van der Waals surface area (Å²) in [5, 5.41) is 8.34. The van der Waals surface area contributed by atoms with Crippen molar-refractivity contribution in [2.75, 3.05) is 6.61 Å². The zero-order chi connectivity index (χ0) is 11.4. The highest BCUT2D eigenvalue weighted by Crippen LogP contribution is 2.25. The molecule has 0 spiro atoms. The average molecular weight is 277 g/mol. The molecule has 0 saturated heterocycles. The fraction of sp³-hybridized carbons (Fsp3) is 0.111. The zero-order valence-corrected chi connectivity index (χ0v) is 8.95. The van der Waals surface area contributed by atoms with E-state index in [0.29, 0.717) is 10.8 Å². The second-order valence-electron chi connectivity index (χ2n) is 2.61. The van der Waals surface area contributed by atoms with Gasteiger partial charge in [0, 0.05) is 4.47 Å². The predicted octanol–water partition coefficient (Wildman–Crippen LogP) is 1.86. The van der Waals surface area contributed by atoms with E-state index < -0.39 is 18.4 Å². The van der Waals surface area contributed by atoms with E-state index in [2.05, 4.69) is 20.7 Å². The molecule has 0 heterocycles. The van der Waals surface area contributed by atoms with Crippen molar-refractivity contribution in [3.05, 3.63) is 28.0 Å². The lowest BCUT2D eigenvalue weighted by Crippen LogP contribution is -2.11. The van der Waals surface area contributed by atoms with Gasteiger partial charge in [0.15, 0.2) is 24.5 Å². The van der Waals surface area contributed by atoms with Gasteiger partial charge < -0.3 is 9.84 Å². The van der Waals surface area contributed by atoms with Gasteiger partial charge in [-0.15, -0.1) is 0 Å². The number of hydrogen-bond acceptors (Lipinski definition) is 3. The summed E-state index contributed by atoms with van der Waals surface area (Å²) in [5.74, 6) is -2.38. The zero-order valence-electron chi connectivity index (χ0n) is 7.37. The van der Waals surface area contributed by atoms with Gasteiger partial charge in [0.2, 0.25) is 0 Å². The number of carbonyl (C=O) groups is 2. The fourth-order valence-electron chi connectivity index (χ4n) is 0.954. The second kappa shape index (κ2) is 4.88. The van der Waals surface area contributed by atoms with Gasteiger partial charge in [-0.3, -0.25) is 4.79 Å². The average Bonchev–Trinajstić information content (AvgIpc) is 2.14. The summed E-state index contributed by atoms with van der Waals surface area (Å²) in [7, 11) is 0. The normalized spacial score (nSPS) is 9.73. The molecule has 0 aliphatic carbocycles. The van der Waals surface area contributed by atoms with E-state index in [4.69, 9.17) is 5.11 Å². The van der Waals surface area contributed by atoms with Gasteiger partial charge in [-0.1, -0.05) is 15.9 Å². The SMILES string of the molecule is O=Cc1cc(Br)cc(F)c1OCC(=O)O. The van der Waals surface area contributed by atoms with E-state index in [1.807, 2.05) is 0 Å². The summed E-state index contributed by atoms with van der Waals surface area (Å²) >= 11 is 3.00. The highest BCUT2D eigenvalue weighted by Gasteiger charge is 2.12. The van der Waals surface area contributed by atoms with Crippen molar-refractivity contribution in [3.8, 4) is 5.75 Å². The van der Waals surface area contributed by atoms with Crippen molar-refractivity contribution in [2.24, 2.45) is 0 Å². The first-order chi connectivity index (χ1) is 7.04. The van der Waals surface area contributed by atoms with Gasteiger partial charge in [-0.05, 0) is 12.1 Å². The quantitative estimate of drug-likeness (QED) is 0.853. The molecule has 80 valence electrons. The Morgan fingerprint density at radius 1 is 1.60 bits per heavy atom. The van der Waals surface area contributed by atoms with Crippen molar-refractivity contribution < 1.29 is 23.8 Å². The number of ether oxygens (including phenoxy) is 1. The molecule has 0 bridgehead atoms. The van der Waals surface area contributed by atoms with Crippen LogP contribution in [0.15, 0.2) is 16.6 Å². The minimum Gasteiger partial charge on any atom is -0.479 e. The maximum Gasteiger partial charge on any atom is 0.341 e. The van der Waals surface area contributed by atoms with Crippen molar-refractivity contribution in [2.45, 2.75) is 0 Å². The molecule has 1 aromatic carbocycles. The number of aliphatic carboxylic acids is 1. The highest BCUT2D eigenvalue weighted by molar-refractivity contribution is 9.10. The van der Waals surface area contributed by atoms with Gasteiger partial charge in [0.1, 0.15) is 0 Å². The van der Waals surface area contributed by atoms with Crippen LogP contribution in [0.2, 0.25) is 0 Å². The lowest BCUT2D eigenvalue weighted by atomic mass is 10.2. The van der Waals surface area contributed by atoms with E-state index in [-0.39, 0.29) is 11.3 Å². The number of carboxylic acids is 1. The molecule has 4 nitrogen and oxygen atoms in total. The molecule has 15 heavy (non-hydrogen) atoms. The molecule has 1 rings (SSSR count). The summed E-state index contributed by atoms with van der Waals surface area (Å²) in [6.07, 6.45) is 0.394. The molecule has 6 heteroatoms. The lowest BCUT2D eigenvalue weighted by Gasteiger charge is -2.07. The van der Waals surface area contributed by atoms with E-state index in [1.54, 1.807) is 0 Å². The van der Waals surface area contributed by atoms with E-state index in [0.717, 1.165) is 6.07 Å². The van der Waals surface area contributed by atoms with Crippen LogP contribution < -0.4 is 4.74 Å². The molecule has 0 unspecified atom stereocenters. The third kappa shape index (κ3) is 3.02. The molecule has 0 atom stereocenters. The van der Waals surface area contributed by atoms with E-state index >= 15 is 0 Å². The van der Waals surface area contributed by atoms with Gasteiger partial charge in [-0.25, -0.2) is 9.18 Å². The number of rotatable bonds is 4. The van der Waals surface area contributed by atoms with E-state index in [9.17, 15) is 14.0 Å². The molecule has 0 radical (unpaired) electrons. The van der Waals surface area contributed by atoms with Gasteiger partial charge in [0.25, 0.3) is 0 Å². The molecule has 0 saturated carbocycles. The molecular formula is C9H6BrFO4. The van der Waals surface area contributed by atoms with Crippen LogP contribution in [0, 0.1) is 5.82 Å². The molecule has 0 fully saturated rings. The Morgan fingerprint density at radius 2 is 2.27 bits per heavy atom. The standard InChI is InChI=1S/C9H6BrFO4/c10-6-1-5(3-12)9(7(11)2-6)15-4-8(13)14/h1-3H,4H2,(H,13,14). The first kappa shape index (κ1) is 11.6. The smallest absolute Gasteiger partial charge is 0.341 e. The molecular weight excluding hydrogens is 271 g/mol. The molecule has 1 aromatic rings. The van der Waals surface area contributed by atoms with Crippen LogP contribution in [0.5, 0.6) is 5.75 Å². The minimum atomic E-state index is -1.24.